The van der Waals surface area contributed by atoms with E-state index in [1.807, 2.05) is 32.0 Å². The summed E-state index contributed by atoms with van der Waals surface area (Å²) in [4.78, 5) is 15.1. The molecule has 0 aromatic carbocycles. The molecule has 1 rings (SSSR count). The summed E-state index contributed by atoms with van der Waals surface area (Å²) in [5.41, 5.74) is 0.175. The molecule has 0 bridgehead atoms. The Hall–Kier alpha value is -1.42. The van der Waals surface area contributed by atoms with Gasteiger partial charge in [0.2, 0.25) is 0 Å². The summed E-state index contributed by atoms with van der Waals surface area (Å²) in [5, 5.41) is 12.2. The predicted octanol–water partition coefficient (Wildman–Crippen LogP) is 1.77. The van der Waals surface area contributed by atoms with Crippen molar-refractivity contribution in [2.45, 2.75) is 32.2 Å². The van der Waals surface area contributed by atoms with Crippen LogP contribution >= 0.6 is 0 Å². The van der Waals surface area contributed by atoms with E-state index in [0.717, 1.165) is 18.7 Å². The highest BCUT2D eigenvalue weighted by atomic mass is 16.4. The Morgan fingerprint density at radius 1 is 1.56 bits per heavy atom. The first kappa shape index (κ1) is 12.6. The average molecular weight is 222 g/mol. The number of carboxylic acids is 1. The maximum absolute atomic E-state index is 10.9. The summed E-state index contributed by atoms with van der Waals surface area (Å²) in [7, 11) is 0. The van der Waals surface area contributed by atoms with E-state index in [9.17, 15) is 4.79 Å². The van der Waals surface area contributed by atoms with Crippen LogP contribution in [0.2, 0.25) is 0 Å². The Bertz CT molecular complexity index is 340. The molecule has 1 atom stereocenters. The molecule has 0 spiro atoms. The standard InChI is InChI=1S/C12H18N2O2/c1-3-7-14-12(2,9-11(15)16)10-6-4-5-8-13-10/h4-6,8,14H,3,7,9H2,1-2H3,(H,15,16). The summed E-state index contributed by atoms with van der Waals surface area (Å²) in [5.74, 6) is -0.822. The van der Waals surface area contributed by atoms with E-state index in [0.29, 0.717) is 0 Å². The number of hydrogen-bond acceptors (Lipinski definition) is 3. The molecule has 1 unspecified atom stereocenters. The van der Waals surface area contributed by atoms with Gasteiger partial charge in [0.05, 0.1) is 17.7 Å². The number of carboxylic acid groups (broad SMARTS) is 1. The number of carbonyl (C=O) groups is 1. The largest absolute Gasteiger partial charge is 0.481 e. The molecule has 0 fully saturated rings. The van der Waals surface area contributed by atoms with Gasteiger partial charge in [0, 0.05) is 6.20 Å². The maximum Gasteiger partial charge on any atom is 0.305 e. The monoisotopic (exact) mass is 222 g/mol. The van der Waals surface area contributed by atoms with Gasteiger partial charge in [-0.2, -0.15) is 0 Å². The fraction of sp³-hybridized carbons (Fsp3) is 0.500. The Kier molecular flexibility index (Phi) is 4.43. The minimum atomic E-state index is -0.822. The minimum absolute atomic E-state index is 0.0318. The fourth-order valence-electron chi connectivity index (χ4n) is 1.64. The number of nitrogens with zero attached hydrogens (tertiary/aromatic N) is 1. The Morgan fingerprint density at radius 3 is 2.81 bits per heavy atom. The van der Waals surface area contributed by atoms with Crippen molar-refractivity contribution in [3.05, 3.63) is 30.1 Å². The molecule has 1 heterocycles. The molecule has 4 nitrogen and oxygen atoms in total. The van der Waals surface area contributed by atoms with Gasteiger partial charge in [-0.05, 0) is 32.0 Å². The molecular weight excluding hydrogens is 204 g/mol. The smallest absolute Gasteiger partial charge is 0.305 e. The van der Waals surface area contributed by atoms with Crippen LogP contribution in [0.15, 0.2) is 24.4 Å². The molecule has 0 saturated carbocycles. The Labute approximate surface area is 95.7 Å². The van der Waals surface area contributed by atoms with E-state index >= 15 is 0 Å². The molecule has 88 valence electrons. The second-order valence-corrected chi connectivity index (χ2v) is 4.04. The van der Waals surface area contributed by atoms with Crippen LogP contribution in [0.5, 0.6) is 0 Å². The van der Waals surface area contributed by atoms with Crippen LogP contribution in [-0.2, 0) is 10.3 Å². The number of nitrogens with one attached hydrogen (secondary N) is 1. The SMILES string of the molecule is CCCNC(C)(CC(=O)O)c1ccccn1. The summed E-state index contributed by atoms with van der Waals surface area (Å²) >= 11 is 0. The molecule has 0 aliphatic rings. The fourth-order valence-corrected chi connectivity index (χ4v) is 1.64. The van der Waals surface area contributed by atoms with Crippen LogP contribution in [0, 0.1) is 0 Å². The van der Waals surface area contributed by atoms with Crippen LogP contribution in [0.1, 0.15) is 32.4 Å². The van der Waals surface area contributed by atoms with Gasteiger partial charge in [0.25, 0.3) is 0 Å². The van der Waals surface area contributed by atoms with Crippen LogP contribution < -0.4 is 5.32 Å². The molecule has 0 saturated heterocycles. The summed E-state index contributed by atoms with van der Waals surface area (Å²) in [6.07, 6.45) is 2.68. The molecule has 1 aromatic heterocycles. The van der Waals surface area contributed by atoms with Crippen molar-refractivity contribution in [2.24, 2.45) is 0 Å². The maximum atomic E-state index is 10.9. The molecule has 0 amide bonds. The lowest BCUT2D eigenvalue weighted by molar-refractivity contribution is -0.138. The van der Waals surface area contributed by atoms with Gasteiger partial charge in [-0.15, -0.1) is 0 Å². The van der Waals surface area contributed by atoms with Gasteiger partial charge >= 0.3 is 5.97 Å². The summed E-state index contributed by atoms with van der Waals surface area (Å²) < 4.78 is 0. The van der Waals surface area contributed by atoms with Gasteiger partial charge in [-0.3, -0.25) is 9.78 Å². The number of rotatable bonds is 6. The van der Waals surface area contributed by atoms with Crippen molar-refractivity contribution in [3.63, 3.8) is 0 Å². The Balaban J connectivity index is 2.90. The van der Waals surface area contributed by atoms with Gasteiger partial charge in [-0.25, -0.2) is 0 Å². The number of hydrogen-bond donors (Lipinski definition) is 2. The third-order valence-corrected chi connectivity index (χ3v) is 2.50. The van der Waals surface area contributed by atoms with Crippen molar-refractivity contribution < 1.29 is 9.90 Å². The van der Waals surface area contributed by atoms with Gasteiger partial charge in [0.15, 0.2) is 0 Å². The van der Waals surface area contributed by atoms with Crippen molar-refractivity contribution in [2.75, 3.05) is 6.54 Å². The van der Waals surface area contributed by atoms with Crippen molar-refractivity contribution >= 4 is 5.97 Å². The zero-order valence-electron chi connectivity index (χ0n) is 9.73. The molecule has 0 radical (unpaired) electrons. The number of aromatic nitrogens is 1. The number of pyridine rings is 1. The molecule has 4 heteroatoms. The topological polar surface area (TPSA) is 62.2 Å². The highest BCUT2D eigenvalue weighted by molar-refractivity contribution is 5.68. The van der Waals surface area contributed by atoms with Crippen molar-refractivity contribution in [3.8, 4) is 0 Å². The van der Waals surface area contributed by atoms with Gasteiger partial charge < -0.3 is 10.4 Å². The third-order valence-electron chi connectivity index (χ3n) is 2.50. The molecule has 2 N–H and O–H groups in total. The van der Waals surface area contributed by atoms with E-state index in [4.69, 9.17) is 5.11 Å². The van der Waals surface area contributed by atoms with E-state index in [1.54, 1.807) is 6.20 Å². The Morgan fingerprint density at radius 2 is 2.31 bits per heavy atom. The van der Waals surface area contributed by atoms with E-state index < -0.39 is 11.5 Å². The summed E-state index contributed by atoms with van der Waals surface area (Å²) in [6.45, 7) is 4.70. The van der Waals surface area contributed by atoms with Crippen LogP contribution in [0.25, 0.3) is 0 Å². The average Bonchev–Trinajstić information content (AvgIpc) is 2.27. The predicted molar refractivity (Wildman–Crippen MR) is 62.1 cm³/mol. The molecule has 0 aliphatic carbocycles. The number of aliphatic carboxylic acids is 1. The minimum Gasteiger partial charge on any atom is -0.481 e. The van der Waals surface area contributed by atoms with E-state index in [-0.39, 0.29) is 6.42 Å². The zero-order chi connectivity index (χ0) is 12.0. The lowest BCUT2D eigenvalue weighted by Gasteiger charge is -2.28. The normalized spacial score (nSPS) is 14.4. The molecule has 0 aliphatic heterocycles. The lowest BCUT2D eigenvalue weighted by atomic mass is 9.92. The van der Waals surface area contributed by atoms with Gasteiger partial charge in [0.1, 0.15) is 0 Å². The van der Waals surface area contributed by atoms with Crippen LogP contribution in [0.4, 0.5) is 0 Å². The first-order valence-corrected chi connectivity index (χ1v) is 5.47. The van der Waals surface area contributed by atoms with Crippen LogP contribution in [-0.4, -0.2) is 22.6 Å². The first-order valence-electron chi connectivity index (χ1n) is 5.47. The van der Waals surface area contributed by atoms with E-state index in [1.165, 1.54) is 0 Å². The second kappa shape index (κ2) is 5.61. The second-order valence-electron chi connectivity index (χ2n) is 4.04. The molecule has 16 heavy (non-hydrogen) atoms. The highest BCUT2D eigenvalue weighted by Gasteiger charge is 2.29. The zero-order valence-corrected chi connectivity index (χ0v) is 9.73. The van der Waals surface area contributed by atoms with Crippen molar-refractivity contribution in [1.29, 1.82) is 0 Å². The quantitative estimate of drug-likeness (QED) is 0.770. The summed E-state index contributed by atoms with van der Waals surface area (Å²) in [6, 6.07) is 5.55. The van der Waals surface area contributed by atoms with Crippen molar-refractivity contribution in [1.82, 2.24) is 10.3 Å². The first-order chi connectivity index (χ1) is 7.58. The molecule has 1 aromatic rings. The highest BCUT2D eigenvalue weighted by Crippen LogP contribution is 2.22. The van der Waals surface area contributed by atoms with Crippen LogP contribution in [0.3, 0.4) is 0 Å². The lowest BCUT2D eigenvalue weighted by Crippen LogP contribution is -2.42. The van der Waals surface area contributed by atoms with E-state index in [2.05, 4.69) is 10.3 Å². The van der Waals surface area contributed by atoms with Gasteiger partial charge in [-0.1, -0.05) is 13.0 Å². The molecular formula is C12H18N2O2. The third kappa shape index (κ3) is 3.31.